The Labute approximate surface area is 120 Å². The highest BCUT2D eigenvalue weighted by atomic mass is 16.5. The third-order valence-electron chi connectivity index (χ3n) is 3.92. The molecule has 1 N–H and O–H groups in total. The Morgan fingerprint density at radius 1 is 1.10 bits per heavy atom. The van der Waals surface area contributed by atoms with Crippen molar-refractivity contribution in [2.24, 2.45) is 0 Å². The van der Waals surface area contributed by atoms with Gasteiger partial charge in [0.15, 0.2) is 0 Å². The Morgan fingerprint density at radius 2 is 1.85 bits per heavy atom. The average molecular weight is 267 g/mol. The molecule has 3 rings (SSSR count). The smallest absolute Gasteiger partial charge is 0.127 e. The highest BCUT2D eigenvalue weighted by Gasteiger charge is 2.22. The molecule has 20 heavy (non-hydrogen) atoms. The van der Waals surface area contributed by atoms with E-state index in [1.54, 1.807) is 0 Å². The lowest BCUT2D eigenvalue weighted by atomic mass is 9.94. The van der Waals surface area contributed by atoms with Crippen LogP contribution in [-0.2, 0) is 6.42 Å². The summed E-state index contributed by atoms with van der Waals surface area (Å²) in [6.07, 6.45) is 1.02. The van der Waals surface area contributed by atoms with Crippen LogP contribution in [0.15, 0.2) is 36.4 Å². The monoisotopic (exact) mass is 267 g/mol. The van der Waals surface area contributed by atoms with E-state index in [9.17, 15) is 0 Å². The van der Waals surface area contributed by atoms with Gasteiger partial charge in [0.1, 0.15) is 5.75 Å². The van der Waals surface area contributed by atoms with Crippen molar-refractivity contribution >= 4 is 0 Å². The first-order valence-corrected chi connectivity index (χ1v) is 7.19. The second kappa shape index (κ2) is 5.29. The van der Waals surface area contributed by atoms with E-state index >= 15 is 0 Å². The fourth-order valence-corrected chi connectivity index (χ4v) is 3.15. The van der Waals surface area contributed by atoms with Gasteiger partial charge in [-0.15, -0.1) is 0 Å². The minimum absolute atomic E-state index is 0.182. The summed E-state index contributed by atoms with van der Waals surface area (Å²) in [5, 5.41) is 3.44. The first-order chi connectivity index (χ1) is 9.69. The molecule has 2 nitrogen and oxygen atoms in total. The van der Waals surface area contributed by atoms with Crippen LogP contribution in [0.5, 0.6) is 5.75 Å². The molecule has 2 aromatic carbocycles. The highest BCUT2D eigenvalue weighted by molar-refractivity contribution is 5.49. The molecule has 0 amide bonds. The number of ether oxygens (including phenoxy) is 1. The molecule has 1 unspecified atom stereocenters. The van der Waals surface area contributed by atoms with Gasteiger partial charge in [-0.05, 0) is 32.0 Å². The van der Waals surface area contributed by atoms with Crippen LogP contribution >= 0.6 is 0 Å². The van der Waals surface area contributed by atoms with Crippen LogP contribution in [0.3, 0.4) is 0 Å². The number of hydrogen-bond donors (Lipinski definition) is 1. The maximum absolute atomic E-state index is 5.85. The third-order valence-corrected chi connectivity index (χ3v) is 3.92. The first-order valence-electron chi connectivity index (χ1n) is 7.19. The second-order valence-corrected chi connectivity index (χ2v) is 5.58. The molecular weight excluding hydrogens is 246 g/mol. The Balaban J connectivity index is 2.08. The SMILES string of the molecule is CNC(c1cc(C)cc(C)c1)c1cccc2c1OCC2. The van der Waals surface area contributed by atoms with Gasteiger partial charge in [-0.3, -0.25) is 0 Å². The maximum atomic E-state index is 5.85. The maximum Gasteiger partial charge on any atom is 0.127 e. The van der Waals surface area contributed by atoms with Crippen LogP contribution in [0.2, 0.25) is 0 Å². The number of benzene rings is 2. The summed E-state index contributed by atoms with van der Waals surface area (Å²) in [6.45, 7) is 5.10. The molecule has 0 aliphatic carbocycles. The fourth-order valence-electron chi connectivity index (χ4n) is 3.15. The molecule has 2 aromatic rings. The van der Waals surface area contributed by atoms with E-state index in [4.69, 9.17) is 4.74 Å². The molecule has 0 bridgehead atoms. The molecule has 1 aliphatic heterocycles. The van der Waals surface area contributed by atoms with E-state index in [-0.39, 0.29) is 6.04 Å². The quantitative estimate of drug-likeness (QED) is 0.918. The van der Waals surface area contributed by atoms with Gasteiger partial charge in [-0.1, -0.05) is 47.5 Å². The van der Waals surface area contributed by atoms with Crippen molar-refractivity contribution in [1.29, 1.82) is 0 Å². The average Bonchev–Trinajstić information content (AvgIpc) is 2.87. The molecule has 0 radical (unpaired) electrons. The summed E-state index contributed by atoms with van der Waals surface area (Å²) in [5.74, 6) is 1.08. The largest absolute Gasteiger partial charge is 0.493 e. The molecule has 0 aromatic heterocycles. The molecule has 0 spiro atoms. The van der Waals surface area contributed by atoms with Crippen molar-refractivity contribution in [2.45, 2.75) is 26.3 Å². The summed E-state index contributed by atoms with van der Waals surface area (Å²) in [7, 11) is 2.01. The van der Waals surface area contributed by atoms with E-state index in [2.05, 4.69) is 55.6 Å². The van der Waals surface area contributed by atoms with E-state index < -0.39 is 0 Å². The molecule has 104 valence electrons. The molecule has 1 aliphatic rings. The zero-order valence-electron chi connectivity index (χ0n) is 12.4. The summed E-state index contributed by atoms with van der Waals surface area (Å²) in [4.78, 5) is 0. The Hall–Kier alpha value is -1.80. The minimum atomic E-state index is 0.182. The third kappa shape index (κ3) is 2.32. The van der Waals surface area contributed by atoms with E-state index in [0.717, 1.165) is 18.8 Å². The lowest BCUT2D eigenvalue weighted by Gasteiger charge is -2.20. The van der Waals surface area contributed by atoms with Crippen molar-refractivity contribution in [3.63, 3.8) is 0 Å². The van der Waals surface area contributed by atoms with Crippen molar-refractivity contribution in [3.8, 4) is 5.75 Å². The molecule has 2 heteroatoms. The van der Waals surface area contributed by atoms with Crippen LogP contribution in [0.1, 0.15) is 33.9 Å². The van der Waals surface area contributed by atoms with Crippen molar-refractivity contribution < 1.29 is 4.74 Å². The van der Waals surface area contributed by atoms with Crippen molar-refractivity contribution in [1.82, 2.24) is 5.32 Å². The zero-order valence-corrected chi connectivity index (χ0v) is 12.4. The van der Waals surface area contributed by atoms with Gasteiger partial charge < -0.3 is 10.1 Å². The number of hydrogen-bond acceptors (Lipinski definition) is 2. The van der Waals surface area contributed by atoms with Gasteiger partial charge in [0.05, 0.1) is 12.6 Å². The molecular formula is C18H21NO. The number of aryl methyl sites for hydroxylation is 2. The van der Waals surface area contributed by atoms with Crippen LogP contribution in [0.4, 0.5) is 0 Å². The van der Waals surface area contributed by atoms with Gasteiger partial charge in [-0.2, -0.15) is 0 Å². The molecule has 0 saturated heterocycles. The van der Waals surface area contributed by atoms with Gasteiger partial charge in [0.2, 0.25) is 0 Å². The number of para-hydroxylation sites is 1. The van der Waals surface area contributed by atoms with Crippen LogP contribution in [-0.4, -0.2) is 13.7 Å². The lowest BCUT2D eigenvalue weighted by molar-refractivity contribution is 0.351. The molecule has 0 saturated carbocycles. The summed E-state index contributed by atoms with van der Waals surface area (Å²) < 4.78 is 5.85. The van der Waals surface area contributed by atoms with Crippen LogP contribution in [0, 0.1) is 13.8 Å². The number of fused-ring (bicyclic) bond motifs is 1. The first kappa shape index (κ1) is 13.2. The summed E-state index contributed by atoms with van der Waals surface area (Å²) >= 11 is 0. The predicted molar refractivity (Wildman–Crippen MR) is 82.5 cm³/mol. The van der Waals surface area contributed by atoms with Gasteiger partial charge in [-0.25, -0.2) is 0 Å². The molecule has 1 atom stereocenters. The molecule has 1 heterocycles. The Morgan fingerprint density at radius 3 is 2.55 bits per heavy atom. The van der Waals surface area contributed by atoms with E-state index in [1.165, 1.54) is 27.8 Å². The van der Waals surface area contributed by atoms with E-state index in [0.29, 0.717) is 0 Å². The predicted octanol–water partition coefficient (Wildman–Crippen LogP) is 3.55. The Kier molecular flexibility index (Phi) is 3.49. The normalized spacial score (nSPS) is 14.8. The zero-order chi connectivity index (χ0) is 14.1. The van der Waals surface area contributed by atoms with Crippen LogP contribution < -0.4 is 10.1 Å². The summed E-state index contributed by atoms with van der Waals surface area (Å²) in [5.41, 5.74) is 6.47. The second-order valence-electron chi connectivity index (χ2n) is 5.58. The van der Waals surface area contributed by atoms with Crippen molar-refractivity contribution in [2.75, 3.05) is 13.7 Å². The van der Waals surface area contributed by atoms with Crippen LogP contribution in [0.25, 0.3) is 0 Å². The standard InChI is InChI=1S/C18H21NO/c1-12-9-13(2)11-15(10-12)17(19-3)16-6-4-5-14-7-8-20-18(14)16/h4-6,9-11,17,19H,7-8H2,1-3H3. The minimum Gasteiger partial charge on any atom is -0.493 e. The van der Waals surface area contributed by atoms with E-state index in [1.807, 2.05) is 7.05 Å². The van der Waals surface area contributed by atoms with Gasteiger partial charge in [0.25, 0.3) is 0 Å². The fraction of sp³-hybridized carbons (Fsp3) is 0.333. The lowest BCUT2D eigenvalue weighted by Crippen LogP contribution is -2.18. The van der Waals surface area contributed by atoms with Crippen molar-refractivity contribution in [3.05, 3.63) is 64.2 Å². The van der Waals surface area contributed by atoms with Gasteiger partial charge >= 0.3 is 0 Å². The molecule has 0 fully saturated rings. The number of nitrogens with one attached hydrogen (secondary N) is 1. The summed E-state index contributed by atoms with van der Waals surface area (Å²) in [6, 6.07) is 13.4. The number of rotatable bonds is 3. The van der Waals surface area contributed by atoms with Gasteiger partial charge in [0, 0.05) is 12.0 Å². The Bertz CT molecular complexity index is 613. The topological polar surface area (TPSA) is 21.3 Å². The highest BCUT2D eigenvalue weighted by Crippen LogP contribution is 2.36.